The van der Waals surface area contributed by atoms with Gasteiger partial charge in [0, 0.05) is 16.1 Å². The van der Waals surface area contributed by atoms with Crippen molar-refractivity contribution in [2.45, 2.75) is 13.0 Å². The molecule has 0 aliphatic heterocycles. The van der Waals surface area contributed by atoms with Crippen molar-refractivity contribution >= 4 is 15.9 Å². The molecule has 96 valence electrons. The molecule has 0 spiro atoms. The Bertz CT molecular complexity index is 581. The summed E-state index contributed by atoms with van der Waals surface area (Å²) in [4.78, 5) is 0. The summed E-state index contributed by atoms with van der Waals surface area (Å²) in [6.45, 7) is 2.83. The van der Waals surface area contributed by atoms with Crippen molar-refractivity contribution in [3.05, 3.63) is 70.2 Å². The molecule has 1 atom stereocenters. The Kier molecular flexibility index (Phi) is 5.20. The predicted octanol–water partition coefficient (Wildman–Crippen LogP) is 4.15. The van der Waals surface area contributed by atoms with Crippen molar-refractivity contribution in [3.63, 3.8) is 0 Å². The van der Waals surface area contributed by atoms with Gasteiger partial charge in [-0.05, 0) is 36.8 Å². The van der Waals surface area contributed by atoms with Gasteiger partial charge in [-0.15, -0.1) is 0 Å². The lowest BCUT2D eigenvalue weighted by Gasteiger charge is -2.12. The first-order chi connectivity index (χ1) is 9.25. The Morgan fingerprint density at radius 3 is 2.63 bits per heavy atom. The van der Waals surface area contributed by atoms with Gasteiger partial charge in [-0.1, -0.05) is 58.1 Å². The molecule has 2 rings (SSSR count). The van der Waals surface area contributed by atoms with Gasteiger partial charge in [0.1, 0.15) is 0 Å². The molecule has 2 aromatic carbocycles. The van der Waals surface area contributed by atoms with Crippen LogP contribution in [-0.2, 0) is 0 Å². The fourth-order valence-corrected chi connectivity index (χ4v) is 2.18. The van der Waals surface area contributed by atoms with Crippen LogP contribution in [0.4, 0.5) is 0 Å². The molecule has 0 saturated carbocycles. The molecular weight excluding hydrogens is 298 g/mol. The third-order valence-electron chi connectivity index (χ3n) is 2.85. The number of rotatable bonds is 3. The predicted molar refractivity (Wildman–Crippen MR) is 83.9 cm³/mol. The Morgan fingerprint density at radius 2 is 1.89 bits per heavy atom. The molecular formula is C17H16BrN. The second-order valence-corrected chi connectivity index (χ2v) is 5.24. The highest BCUT2D eigenvalue weighted by atomic mass is 79.9. The molecule has 2 aromatic rings. The molecule has 0 radical (unpaired) electrons. The maximum Gasteiger partial charge on any atom is 0.0584 e. The van der Waals surface area contributed by atoms with Crippen LogP contribution in [0.15, 0.2) is 59.1 Å². The van der Waals surface area contributed by atoms with E-state index in [1.807, 2.05) is 42.5 Å². The number of hydrogen-bond donors (Lipinski definition) is 1. The van der Waals surface area contributed by atoms with Crippen molar-refractivity contribution in [1.29, 1.82) is 0 Å². The first-order valence-corrected chi connectivity index (χ1v) is 7.08. The van der Waals surface area contributed by atoms with E-state index in [2.05, 4.69) is 52.1 Å². The Hall–Kier alpha value is -1.56. The van der Waals surface area contributed by atoms with Gasteiger partial charge in [0.05, 0.1) is 6.54 Å². The van der Waals surface area contributed by atoms with E-state index in [0.29, 0.717) is 12.6 Å². The van der Waals surface area contributed by atoms with Crippen molar-refractivity contribution < 1.29 is 0 Å². The van der Waals surface area contributed by atoms with E-state index >= 15 is 0 Å². The highest BCUT2D eigenvalue weighted by Crippen LogP contribution is 2.17. The summed E-state index contributed by atoms with van der Waals surface area (Å²) in [5.41, 5.74) is 2.32. The van der Waals surface area contributed by atoms with E-state index in [-0.39, 0.29) is 0 Å². The zero-order valence-corrected chi connectivity index (χ0v) is 12.4. The lowest BCUT2D eigenvalue weighted by Crippen LogP contribution is -2.18. The van der Waals surface area contributed by atoms with E-state index in [0.717, 1.165) is 10.0 Å². The summed E-state index contributed by atoms with van der Waals surface area (Å²) in [6, 6.07) is 18.7. The third kappa shape index (κ3) is 4.55. The zero-order valence-electron chi connectivity index (χ0n) is 10.9. The second kappa shape index (κ2) is 7.13. The van der Waals surface area contributed by atoms with Crippen LogP contribution in [0.2, 0.25) is 0 Å². The van der Waals surface area contributed by atoms with E-state index in [4.69, 9.17) is 0 Å². The van der Waals surface area contributed by atoms with Crippen LogP contribution in [0.25, 0.3) is 0 Å². The molecule has 1 N–H and O–H groups in total. The molecule has 0 amide bonds. The highest BCUT2D eigenvalue weighted by Gasteiger charge is 2.03. The van der Waals surface area contributed by atoms with Crippen LogP contribution >= 0.6 is 15.9 Å². The van der Waals surface area contributed by atoms with E-state index in [1.54, 1.807) is 0 Å². The van der Waals surface area contributed by atoms with E-state index < -0.39 is 0 Å². The molecule has 0 aliphatic carbocycles. The standard InChI is InChI=1S/C17H16BrN/c1-14(16-10-5-11-17(18)13-16)19-12-6-9-15-7-3-2-4-8-15/h2-5,7-8,10-11,13-14,19H,12H2,1H3. The summed E-state index contributed by atoms with van der Waals surface area (Å²) in [7, 11) is 0. The van der Waals surface area contributed by atoms with Crippen molar-refractivity contribution in [2.24, 2.45) is 0 Å². The molecule has 0 saturated heterocycles. The minimum atomic E-state index is 0.294. The van der Waals surface area contributed by atoms with Gasteiger partial charge in [-0.3, -0.25) is 5.32 Å². The smallest absolute Gasteiger partial charge is 0.0584 e. The monoisotopic (exact) mass is 313 g/mol. The molecule has 0 aliphatic rings. The third-order valence-corrected chi connectivity index (χ3v) is 3.35. The zero-order chi connectivity index (χ0) is 13.5. The summed E-state index contributed by atoms with van der Waals surface area (Å²) in [6.07, 6.45) is 0. The average Bonchev–Trinajstić information content (AvgIpc) is 2.44. The fraction of sp³-hybridized carbons (Fsp3) is 0.176. The summed E-state index contributed by atoms with van der Waals surface area (Å²) in [5, 5.41) is 3.40. The first-order valence-electron chi connectivity index (χ1n) is 6.28. The molecule has 19 heavy (non-hydrogen) atoms. The van der Waals surface area contributed by atoms with Crippen LogP contribution in [0, 0.1) is 11.8 Å². The van der Waals surface area contributed by atoms with Gasteiger partial charge in [0.25, 0.3) is 0 Å². The van der Waals surface area contributed by atoms with Crippen molar-refractivity contribution in [1.82, 2.24) is 5.32 Å². The van der Waals surface area contributed by atoms with Gasteiger partial charge in [-0.2, -0.15) is 0 Å². The minimum absolute atomic E-state index is 0.294. The van der Waals surface area contributed by atoms with E-state index in [9.17, 15) is 0 Å². The lowest BCUT2D eigenvalue weighted by molar-refractivity contribution is 0.623. The summed E-state index contributed by atoms with van der Waals surface area (Å²) in [5.74, 6) is 6.29. The molecule has 0 heterocycles. The van der Waals surface area contributed by atoms with Crippen molar-refractivity contribution in [3.8, 4) is 11.8 Å². The second-order valence-electron chi connectivity index (χ2n) is 4.33. The van der Waals surface area contributed by atoms with Crippen LogP contribution in [0.1, 0.15) is 24.1 Å². The SMILES string of the molecule is CC(NCC#Cc1ccccc1)c1cccc(Br)c1. The van der Waals surface area contributed by atoms with Crippen LogP contribution < -0.4 is 5.32 Å². The normalized spacial score (nSPS) is 11.5. The summed E-state index contributed by atoms with van der Waals surface area (Å²) >= 11 is 3.49. The number of halogens is 1. The molecule has 0 fully saturated rings. The number of nitrogens with one attached hydrogen (secondary N) is 1. The molecule has 0 bridgehead atoms. The van der Waals surface area contributed by atoms with Crippen LogP contribution in [0.5, 0.6) is 0 Å². The number of benzene rings is 2. The maximum absolute atomic E-state index is 3.49. The van der Waals surface area contributed by atoms with Gasteiger partial charge < -0.3 is 0 Å². The van der Waals surface area contributed by atoms with Gasteiger partial charge in [0.2, 0.25) is 0 Å². The first kappa shape index (κ1) is 13.9. The Morgan fingerprint density at radius 1 is 1.11 bits per heavy atom. The molecule has 1 nitrogen and oxygen atoms in total. The number of hydrogen-bond acceptors (Lipinski definition) is 1. The fourth-order valence-electron chi connectivity index (χ4n) is 1.77. The lowest BCUT2D eigenvalue weighted by atomic mass is 10.1. The Balaban J connectivity index is 1.88. The highest BCUT2D eigenvalue weighted by molar-refractivity contribution is 9.10. The van der Waals surface area contributed by atoms with Crippen LogP contribution in [-0.4, -0.2) is 6.54 Å². The van der Waals surface area contributed by atoms with Gasteiger partial charge in [0.15, 0.2) is 0 Å². The Labute approximate surface area is 123 Å². The molecule has 1 unspecified atom stereocenters. The largest absolute Gasteiger partial charge is 0.300 e. The quantitative estimate of drug-likeness (QED) is 0.839. The molecule has 2 heteroatoms. The topological polar surface area (TPSA) is 12.0 Å². The van der Waals surface area contributed by atoms with Crippen LogP contribution in [0.3, 0.4) is 0 Å². The summed E-state index contributed by atoms with van der Waals surface area (Å²) < 4.78 is 1.11. The molecule has 0 aromatic heterocycles. The average molecular weight is 314 g/mol. The van der Waals surface area contributed by atoms with E-state index in [1.165, 1.54) is 5.56 Å². The minimum Gasteiger partial charge on any atom is -0.300 e. The maximum atomic E-state index is 3.49. The van der Waals surface area contributed by atoms with Gasteiger partial charge >= 0.3 is 0 Å². The van der Waals surface area contributed by atoms with Gasteiger partial charge in [-0.25, -0.2) is 0 Å². The van der Waals surface area contributed by atoms with Crippen molar-refractivity contribution in [2.75, 3.05) is 6.54 Å².